The van der Waals surface area contributed by atoms with Crippen LogP contribution in [0.5, 0.6) is 0 Å². The van der Waals surface area contributed by atoms with Crippen molar-refractivity contribution in [1.29, 1.82) is 0 Å². The number of carbonyl (C=O) groups is 5. The van der Waals surface area contributed by atoms with Crippen LogP contribution in [0, 0.1) is 35.5 Å². The van der Waals surface area contributed by atoms with E-state index in [2.05, 4.69) is 4.90 Å². The molecule has 0 aromatic heterocycles. The lowest BCUT2D eigenvalue weighted by atomic mass is 9.78. The SMILES string of the molecule is COCCO[C@H]1C[C@@H]2CC[C@@H](C)[C@@](O)(O2)C(=O)C(=O)N2CCCC[C@H]2C(=O)O[C@H](C(C)C[C@@H]2CC[C@@H](OCCCN3CCOCC3)[C@H](OC)C2)CC(=O)[C@H](C)/C=C(\C)[C@@H](O)[C@@H](OC)C(=O)[C@H](C)C[C@H](C)/C=C/C=C/C=C/1C. The molecule has 4 heterocycles. The van der Waals surface area contributed by atoms with E-state index in [0.717, 1.165) is 64.1 Å². The molecule has 0 aromatic rings. The van der Waals surface area contributed by atoms with Gasteiger partial charge in [-0.1, -0.05) is 71.1 Å². The highest BCUT2D eigenvalue weighted by Crippen LogP contribution is 2.38. The Balaban J connectivity index is 1.42. The van der Waals surface area contributed by atoms with Gasteiger partial charge in [-0.25, -0.2) is 4.79 Å². The van der Waals surface area contributed by atoms with Crippen LogP contribution in [-0.2, 0) is 61.9 Å². The quantitative estimate of drug-likeness (QED) is 0.0782. The Morgan fingerprint density at radius 1 is 0.805 bits per heavy atom. The second-order valence-electron chi connectivity index (χ2n) is 22.9. The number of fused-ring (bicyclic) bond motifs is 3. The molecule has 0 aromatic carbocycles. The van der Waals surface area contributed by atoms with Gasteiger partial charge in [0.1, 0.15) is 30.1 Å². The molecular weight excluding hydrogens is 989 g/mol. The van der Waals surface area contributed by atoms with Gasteiger partial charge in [0.25, 0.3) is 11.7 Å². The minimum atomic E-state index is -2.46. The van der Waals surface area contributed by atoms with Crippen molar-refractivity contribution in [3.8, 4) is 0 Å². The van der Waals surface area contributed by atoms with Gasteiger partial charge in [0.2, 0.25) is 5.79 Å². The maximum atomic E-state index is 14.7. The number of aliphatic hydroxyl groups excluding tert-OH is 1. The fourth-order valence-corrected chi connectivity index (χ4v) is 11.8. The number of hydrogen-bond acceptors (Lipinski definition) is 16. The van der Waals surface area contributed by atoms with Crippen LogP contribution < -0.4 is 0 Å². The zero-order valence-corrected chi connectivity index (χ0v) is 48.2. The van der Waals surface area contributed by atoms with Gasteiger partial charge in [0, 0.05) is 84.7 Å². The molecule has 17 nitrogen and oxygen atoms in total. The molecule has 436 valence electrons. The molecule has 5 aliphatic rings. The first-order valence-corrected chi connectivity index (χ1v) is 28.8. The third-order valence-corrected chi connectivity index (χ3v) is 16.8. The number of carbonyl (C=O) groups excluding carboxylic acids is 5. The first-order chi connectivity index (χ1) is 36.8. The summed E-state index contributed by atoms with van der Waals surface area (Å²) in [6.07, 6.45) is 13.3. The first-order valence-electron chi connectivity index (χ1n) is 28.8. The predicted molar refractivity (Wildman–Crippen MR) is 292 cm³/mol. The molecule has 17 heteroatoms. The molecular formula is C60H96N2O15. The standard InChI is InChI=1S/C60H96N2O15/c1-39-17-12-11-13-18-40(2)51(75-32-31-70-8)37-47-22-20-45(7)60(69,77-47)57(66)58(67)62-25-15-14-19-48(62)59(68)76-52(38-49(63)41(3)34-44(6)55(65)56(72-10)54(64)43(5)33-39)42(4)35-46-21-23-50(53(36-46)71-9)74-28-16-24-61-26-29-73-30-27-61/h11-13,17-18,34,39,41-43,45-48,50-53,55-56,65,69H,14-16,19-33,35-38H2,1-10H3/b13-11+,17-12+,40-18+,44-34+/t39-,41-,42?,43-,45-,46+,47+,48+,50-,51+,52+,53-,55-,56+,60-/m1/s1. The van der Waals surface area contributed by atoms with Crippen molar-refractivity contribution in [2.24, 2.45) is 35.5 Å². The molecule has 1 aliphatic carbocycles. The van der Waals surface area contributed by atoms with Gasteiger partial charge in [-0.2, -0.15) is 0 Å². The van der Waals surface area contributed by atoms with Gasteiger partial charge in [-0.05, 0) is 113 Å². The van der Waals surface area contributed by atoms with Crippen LogP contribution in [0.1, 0.15) is 132 Å². The van der Waals surface area contributed by atoms with Gasteiger partial charge in [0.05, 0.1) is 50.8 Å². The zero-order chi connectivity index (χ0) is 56.2. The molecule has 4 aliphatic heterocycles. The van der Waals surface area contributed by atoms with Crippen LogP contribution in [0.15, 0.2) is 47.6 Å². The van der Waals surface area contributed by atoms with Crippen molar-refractivity contribution in [2.75, 3.05) is 80.5 Å². The van der Waals surface area contributed by atoms with Crippen LogP contribution in [0.4, 0.5) is 0 Å². The lowest BCUT2D eigenvalue weighted by molar-refractivity contribution is -0.266. The van der Waals surface area contributed by atoms with Crippen LogP contribution in [-0.4, -0.2) is 184 Å². The van der Waals surface area contributed by atoms with Crippen molar-refractivity contribution < 1.29 is 72.1 Å². The normalized spacial score (nSPS) is 37.4. The molecule has 3 saturated heterocycles. The van der Waals surface area contributed by atoms with Crippen molar-refractivity contribution in [3.63, 3.8) is 0 Å². The smallest absolute Gasteiger partial charge is 0.329 e. The first kappa shape index (κ1) is 64.3. The second kappa shape index (κ2) is 32.1. The van der Waals surface area contributed by atoms with Crippen molar-refractivity contribution in [2.45, 2.75) is 186 Å². The second-order valence-corrected chi connectivity index (χ2v) is 22.9. The summed E-state index contributed by atoms with van der Waals surface area (Å²) in [4.78, 5) is 75.5. The monoisotopic (exact) mass is 1080 g/mol. The Kier molecular flexibility index (Phi) is 26.8. The highest BCUT2D eigenvalue weighted by Gasteiger charge is 2.53. The maximum absolute atomic E-state index is 14.7. The molecule has 1 unspecified atom stereocenters. The Morgan fingerprint density at radius 2 is 1.56 bits per heavy atom. The summed E-state index contributed by atoms with van der Waals surface area (Å²) in [6.45, 7) is 18.5. The predicted octanol–water partition coefficient (Wildman–Crippen LogP) is 6.94. The number of allylic oxidation sites excluding steroid dienone is 6. The van der Waals surface area contributed by atoms with E-state index in [0.29, 0.717) is 57.3 Å². The Morgan fingerprint density at radius 3 is 2.27 bits per heavy atom. The molecule has 0 spiro atoms. The Bertz CT molecular complexity index is 2020. The van der Waals surface area contributed by atoms with E-state index in [9.17, 15) is 34.2 Å². The summed E-state index contributed by atoms with van der Waals surface area (Å²) in [5, 5.41) is 23.7. The van der Waals surface area contributed by atoms with Gasteiger partial charge >= 0.3 is 5.97 Å². The number of methoxy groups -OCH3 is 3. The van der Waals surface area contributed by atoms with E-state index >= 15 is 0 Å². The van der Waals surface area contributed by atoms with E-state index in [1.165, 1.54) is 12.0 Å². The number of Topliss-reactive ketones (excluding diaryl/α,β-unsaturated/α-hetero) is 3. The fourth-order valence-electron chi connectivity index (χ4n) is 11.8. The molecule has 15 atom stereocenters. The number of amides is 1. The van der Waals surface area contributed by atoms with E-state index < -0.39 is 77.8 Å². The number of aliphatic hydroxyl groups is 2. The van der Waals surface area contributed by atoms with Crippen LogP contribution >= 0.6 is 0 Å². The largest absolute Gasteiger partial charge is 0.460 e. The lowest BCUT2D eigenvalue weighted by Crippen LogP contribution is -2.61. The molecule has 1 saturated carbocycles. The van der Waals surface area contributed by atoms with E-state index in [1.54, 1.807) is 41.1 Å². The third-order valence-electron chi connectivity index (χ3n) is 16.8. The molecule has 5 rings (SSSR count). The van der Waals surface area contributed by atoms with Gasteiger partial charge < -0.3 is 53.0 Å². The van der Waals surface area contributed by atoms with E-state index in [4.69, 9.17) is 37.9 Å². The highest BCUT2D eigenvalue weighted by atomic mass is 16.6. The lowest BCUT2D eigenvalue weighted by Gasteiger charge is -2.43. The Labute approximate surface area is 459 Å². The summed E-state index contributed by atoms with van der Waals surface area (Å²) >= 11 is 0. The van der Waals surface area contributed by atoms with E-state index in [-0.39, 0.29) is 73.9 Å². The molecule has 4 fully saturated rings. The molecule has 77 heavy (non-hydrogen) atoms. The van der Waals surface area contributed by atoms with Crippen LogP contribution in [0.2, 0.25) is 0 Å². The average Bonchev–Trinajstić information content (AvgIpc) is 3.43. The molecule has 0 radical (unpaired) electrons. The minimum absolute atomic E-state index is 0.00415. The fraction of sp³-hybridized carbons (Fsp3) is 0.783. The summed E-state index contributed by atoms with van der Waals surface area (Å²) in [5.74, 6) is -7.92. The summed E-state index contributed by atoms with van der Waals surface area (Å²) in [5.41, 5.74) is 1.26. The number of piperidine rings is 1. The number of nitrogens with zero attached hydrogens (tertiary/aromatic N) is 2. The number of cyclic esters (lactones) is 1. The molecule has 2 N–H and O–H groups in total. The topological polar surface area (TPSA) is 206 Å². The molecule has 1 amide bonds. The van der Waals surface area contributed by atoms with Crippen molar-refractivity contribution >= 4 is 29.2 Å². The van der Waals surface area contributed by atoms with E-state index in [1.807, 2.05) is 58.1 Å². The number of esters is 1. The van der Waals surface area contributed by atoms with Gasteiger partial charge in [-0.3, -0.25) is 24.1 Å². The molecule has 2 bridgehead atoms. The number of rotatable bonds is 14. The number of hydrogen-bond donors (Lipinski definition) is 2. The summed E-state index contributed by atoms with van der Waals surface area (Å²) in [7, 11) is 4.68. The number of ketones is 3. The highest BCUT2D eigenvalue weighted by molar-refractivity contribution is 6.39. The van der Waals surface area contributed by atoms with Crippen molar-refractivity contribution in [1.82, 2.24) is 9.80 Å². The Hall–Kier alpha value is -3.49. The maximum Gasteiger partial charge on any atom is 0.329 e. The number of morpholine rings is 1. The van der Waals surface area contributed by atoms with Crippen LogP contribution in [0.3, 0.4) is 0 Å². The third kappa shape index (κ3) is 18.8. The van der Waals surface area contributed by atoms with Crippen molar-refractivity contribution in [3.05, 3.63) is 47.6 Å². The van der Waals surface area contributed by atoms with Gasteiger partial charge in [-0.15, -0.1) is 0 Å². The number of ether oxygens (including phenoxy) is 8. The minimum Gasteiger partial charge on any atom is -0.460 e. The summed E-state index contributed by atoms with van der Waals surface area (Å²) in [6, 6.07) is -1.15. The van der Waals surface area contributed by atoms with Gasteiger partial charge in [0.15, 0.2) is 5.78 Å². The summed E-state index contributed by atoms with van der Waals surface area (Å²) < 4.78 is 47.7. The average molecular weight is 1090 g/mol. The zero-order valence-electron chi connectivity index (χ0n) is 48.2. The van der Waals surface area contributed by atoms with Crippen LogP contribution in [0.25, 0.3) is 0 Å².